The Hall–Kier alpha value is -0.600. The molecule has 1 heterocycles. The molecule has 1 fully saturated rings. The molecule has 1 aromatic carbocycles. The Bertz CT molecular complexity index is 580. The van der Waals surface area contributed by atoms with E-state index in [9.17, 15) is 18.0 Å². The summed E-state index contributed by atoms with van der Waals surface area (Å²) >= 11 is 6.67. The summed E-state index contributed by atoms with van der Waals surface area (Å²) in [5, 5.41) is 2.76. The van der Waals surface area contributed by atoms with Gasteiger partial charge >= 0.3 is 6.18 Å². The van der Waals surface area contributed by atoms with Gasteiger partial charge in [0, 0.05) is 15.5 Å². The molecule has 128 valence electrons. The number of anilines is 1. The summed E-state index contributed by atoms with van der Waals surface area (Å²) < 4.78 is 40.2. The minimum Gasteiger partial charge on any atom is -0.324 e. The predicted molar refractivity (Wildman–Crippen MR) is 90.3 cm³/mol. The van der Waals surface area contributed by atoms with E-state index in [1.807, 2.05) is 0 Å². The molecule has 1 aliphatic heterocycles. The Labute approximate surface area is 149 Å². The smallest absolute Gasteiger partial charge is 0.324 e. The van der Waals surface area contributed by atoms with Gasteiger partial charge in [-0.05, 0) is 60.4 Å². The number of hydrogen-bond acceptors (Lipinski definition) is 2. The number of nitrogens with one attached hydrogen (secondary N) is 1. The lowest BCUT2D eigenvalue weighted by Gasteiger charge is -2.36. The van der Waals surface area contributed by atoms with Crippen molar-refractivity contribution in [1.82, 2.24) is 4.90 Å². The summed E-state index contributed by atoms with van der Waals surface area (Å²) in [6, 6.07) is 4.69. The molecule has 0 spiro atoms. The summed E-state index contributed by atoms with van der Waals surface area (Å²) in [6.45, 7) is 2.02. The zero-order chi connectivity index (χ0) is 17.2. The molecule has 1 saturated heterocycles. The number of carbonyl (C=O) groups excluding carboxylic acids is 1. The Morgan fingerprint density at radius 2 is 2.09 bits per heavy atom. The van der Waals surface area contributed by atoms with Gasteiger partial charge in [0.15, 0.2) is 0 Å². The fraction of sp³-hybridized carbons (Fsp3) is 0.533. The zero-order valence-electron chi connectivity index (χ0n) is 12.5. The van der Waals surface area contributed by atoms with Crippen molar-refractivity contribution in [2.24, 2.45) is 5.92 Å². The number of hydrogen-bond donors (Lipinski definition) is 1. The lowest BCUT2D eigenvalue weighted by molar-refractivity contribution is -0.188. The normalized spacial score (nSPS) is 21.0. The van der Waals surface area contributed by atoms with Crippen molar-refractivity contribution in [3.63, 3.8) is 0 Å². The van der Waals surface area contributed by atoms with Crippen LogP contribution >= 0.6 is 31.9 Å². The van der Waals surface area contributed by atoms with Crippen molar-refractivity contribution < 1.29 is 18.0 Å². The van der Waals surface area contributed by atoms with Crippen LogP contribution in [0.1, 0.15) is 19.8 Å². The molecule has 0 saturated carbocycles. The number of likely N-dealkylation sites (tertiary alicyclic amines) is 1. The first-order chi connectivity index (χ1) is 10.7. The molecule has 0 aromatic heterocycles. The molecule has 2 rings (SSSR count). The van der Waals surface area contributed by atoms with Gasteiger partial charge in [0.2, 0.25) is 5.91 Å². The van der Waals surface area contributed by atoms with Gasteiger partial charge in [0.25, 0.3) is 0 Å². The third-order valence-corrected chi connectivity index (χ3v) is 5.18. The minimum absolute atomic E-state index is 0.125. The fourth-order valence-corrected chi connectivity index (χ4v) is 3.77. The SMILES string of the molecule is C[C@H](C(=O)Nc1ccc(Br)cc1Br)N1CCC[C@H](C(F)(F)F)C1. The molecule has 1 N–H and O–H groups in total. The first kappa shape index (κ1) is 18.7. The molecule has 23 heavy (non-hydrogen) atoms. The molecule has 1 aliphatic rings. The maximum Gasteiger partial charge on any atom is 0.393 e. The lowest BCUT2D eigenvalue weighted by Crippen LogP contribution is -2.49. The second-order valence-electron chi connectivity index (χ2n) is 5.67. The van der Waals surface area contributed by atoms with Crippen LogP contribution in [0.2, 0.25) is 0 Å². The zero-order valence-corrected chi connectivity index (χ0v) is 15.6. The third-order valence-electron chi connectivity index (χ3n) is 4.03. The van der Waals surface area contributed by atoms with Crippen molar-refractivity contribution in [3.8, 4) is 0 Å². The summed E-state index contributed by atoms with van der Waals surface area (Å²) in [5.74, 6) is -1.67. The number of piperidine rings is 1. The Morgan fingerprint density at radius 1 is 1.39 bits per heavy atom. The van der Waals surface area contributed by atoms with Gasteiger partial charge in [-0.3, -0.25) is 9.69 Å². The minimum atomic E-state index is -4.20. The maximum absolute atomic E-state index is 12.9. The predicted octanol–water partition coefficient (Wildman–Crippen LogP) is 4.81. The number of alkyl halides is 3. The number of benzene rings is 1. The summed E-state index contributed by atoms with van der Waals surface area (Å²) in [4.78, 5) is 13.9. The molecule has 0 radical (unpaired) electrons. The van der Waals surface area contributed by atoms with Crippen molar-refractivity contribution >= 4 is 43.5 Å². The van der Waals surface area contributed by atoms with E-state index in [0.29, 0.717) is 23.1 Å². The molecule has 3 nitrogen and oxygen atoms in total. The van der Waals surface area contributed by atoms with Crippen LogP contribution in [-0.4, -0.2) is 36.1 Å². The van der Waals surface area contributed by atoms with Crippen molar-refractivity contribution in [2.75, 3.05) is 18.4 Å². The van der Waals surface area contributed by atoms with Crippen LogP contribution in [0.25, 0.3) is 0 Å². The Kier molecular flexibility index (Phi) is 6.13. The van der Waals surface area contributed by atoms with E-state index in [4.69, 9.17) is 0 Å². The maximum atomic E-state index is 12.9. The van der Waals surface area contributed by atoms with E-state index in [-0.39, 0.29) is 18.9 Å². The number of nitrogens with zero attached hydrogens (tertiary/aromatic N) is 1. The highest BCUT2D eigenvalue weighted by Crippen LogP contribution is 2.34. The van der Waals surface area contributed by atoms with Crippen LogP contribution in [0, 0.1) is 5.92 Å². The van der Waals surface area contributed by atoms with Crippen LogP contribution < -0.4 is 5.32 Å². The highest BCUT2D eigenvalue weighted by molar-refractivity contribution is 9.11. The lowest BCUT2D eigenvalue weighted by atomic mass is 9.96. The van der Waals surface area contributed by atoms with Crippen LogP contribution in [0.15, 0.2) is 27.1 Å². The number of amides is 1. The highest BCUT2D eigenvalue weighted by atomic mass is 79.9. The number of halogens is 5. The quantitative estimate of drug-likeness (QED) is 0.706. The number of rotatable bonds is 3. The average Bonchev–Trinajstić information content (AvgIpc) is 2.48. The summed E-state index contributed by atoms with van der Waals surface area (Å²) in [5.41, 5.74) is 0.592. The second kappa shape index (κ2) is 7.53. The van der Waals surface area contributed by atoms with Crippen LogP contribution in [0.5, 0.6) is 0 Å². The van der Waals surface area contributed by atoms with Crippen molar-refractivity contribution in [3.05, 3.63) is 27.1 Å². The van der Waals surface area contributed by atoms with Crippen molar-refractivity contribution in [2.45, 2.75) is 32.0 Å². The molecule has 1 aromatic rings. The summed E-state index contributed by atoms with van der Waals surface area (Å²) in [7, 11) is 0. The van der Waals surface area contributed by atoms with Crippen LogP contribution in [0.3, 0.4) is 0 Å². The van der Waals surface area contributed by atoms with E-state index < -0.39 is 18.1 Å². The van der Waals surface area contributed by atoms with Gasteiger partial charge in [0.1, 0.15) is 0 Å². The van der Waals surface area contributed by atoms with E-state index in [1.165, 1.54) is 0 Å². The fourth-order valence-electron chi connectivity index (χ4n) is 2.62. The molecule has 2 atom stereocenters. The molecule has 0 unspecified atom stereocenters. The largest absolute Gasteiger partial charge is 0.393 e. The van der Waals surface area contributed by atoms with Gasteiger partial charge < -0.3 is 5.32 Å². The van der Waals surface area contributed by atoms with Gasteiger partial charge in [0.05, 0.1) is 17.6 Å². The summed E-state index contributed by atoms with van der Waals surface area (Å²) in [6.07, 6.45) is -3.63. The molecule has 8 heteroatoms. The first-order valence-corrected chi connectivity index (χ1v) is 8.83. The van der Waals surface area contributed by atoms with E-state index in [0.717, 1.165) is 4.47 Å². The van der Waals surface area contributed by atoms with E-state index >= 15 is 0 Å². The van der Waals surface area contributed by atoms with E-state index in [1.54, 1.807) is 30.0 Å². The molecule has 0 bridgehead atoms. The van der Waals surface area contributed by atoms with Gasteiger partial charge in [-0.25, -0.2) is 0 Å². The highest BCUT2D eigenvalue weighted by Gasteiger charge is 2.43. The Balaban J connectivity index is 2.01. The topological polar surface area (TPSA) is 32.3 Å². The molecular weight excluding hydrogens is 441 g/mol. The van der Waals surface area contributed by atoms with Crippen molar-refractivity contribution in [1.29, 1.82) is 0 Å². The first-order valence-electron chi connectivity index (χ1n) is 7.25. The molecular formula is C15H17Br2F3N2O. The van der Waals surface area contributed by atoms with Crippen LogP contribution in [-0.2, 0) is 4.79 Å². The third kappa shape index (κ3) is 4.93. The monoisotopic (exact) mass is 456 g/mol. The average molecular weight is 458 g/mol. The second-order valence-corrected chi connectivity index (χ2v) is 7.44. The van der Waals surface area contributed by atoms with Crippen LogP contribution in [0.4, 0.5) is 18.9 Å². The molecule has 0 aliphatic carbocycles. The van der Waals surface area contributed by atoms with Gasteiger partial charge in [-0.15, -0.1) is 0 Å². The molecule has 1 amide bonds. The standard InChI is InChI=1S/C15H17Br2F3N2O/c1-9(22-6-2-3-10(8-22)15(18,19)20)14(23)21-13-5-4-11(16)7-12(13)17/h4-5,7,9-10H,2-3,6,8H2,1H3,(H,21,23)/t9-,10+/m1/s1. The van der Waals surface area contributed by atoms with Gasteiger partial charge in [-0.2, -0.15) is 13.2 Å². The van der Waals surface area contributed by atoms with E-state index in [2.05, 4.69) is 37.2 Å². The van der Waals surface area contributed by atoms with Gasteiger partial charge in [-0.1, -0.05) is 15.9 Å². The Morgan fingerprint density at radius 3 is 2.70 bits per heavy atom. The number of carbonyl (C=O) groups is 1.